The molecule has 0 aliphatic rings. The average molecular weight is 392 g/mol. The van der Waals surface area contributed by atoms with Crippen molar-refractivity contribution in [1.29, 1.82) is 0 Å². The van der Waals surface area contributed by atoms with Gasteiger partial charge in [0.05, 0.1) is 10.7 Å². The van der Waals surface area contributed by atoms with E-state index in [0.29, 0.717) is 12.3 Å². The molecule has 0 radical (unpaired) electrons. The van der Waals surface area contributed by atoms with Crippen molar-refractivity contribution in [1.82, 2.24) is 29.9 Å². The zero-order chi connectivity index (χ0) is 19.7. The molecule has 0 unspecified atom stereocenters. The van der Waals surface area contributed by atoms with Gasteiger partial charge in [-0.05, 0) is 38.8 Å². The summed E-state index contributed by atoms with van der Waals surface area (Å²) >= 11 is 1.64. The summed E-state index contributed by atoms with van der Waals surface area (Å²) in [6.07, 6.45) is 0.728. The van der Waals surface area contributed by atoms with Crippen molar-refractivity contribution in [2.24, 2.45) is 0 Å². The van der Waals surface area contributed by atoms with Crippen molar-refractivity contribution < 1.29 is 4.79 Å². The summed E-state index contributed by atoms with van der Waals surface area (Å²) in [6, 6.07) is 10.2. The number of aryl methyl sites for hydroxylation is 3. The number of benzene rings is 1. The van der Waals surface area contributed by atoms with Crippen LogP contribution in [0.5, 0.6) is 0 Å². The van der Waals surface area contributed by atoms with Gasteiger partial charge in [-0.2, -0.15) is 4.98 Å². The van der Waals surface area contributed by atoms with Crippen molar-refractivity contribution in [3.63, 3.8) is 0 Å². The van der Waals surface area contributed by atoms with Crippen LogP contribution in [-0.4, -0.2) is 37.0 Å². The number of fused-ring (bicyclic) bond motifs is 1. The molecule has 0 saturated carbocycles. The number of carbonyl (C=O) groups excluding carboxylic acids is 1. The maximum Gasteiger partial charge on any atom is 0.291 e. The molecule has 4 rings (SSSR count). The van der Waals surface area contributed by atoms with Gasteiger partial charge in [-0.25, -0.2) is 14.5 Å². The van der Waals surface area contributed by atoms with Gasteiger partial charge in [0.2, 0.25) is 5.82 Å². The number of aromatic nitrogens is 5. The van der Waals surface area contributed by atoms with E-state index < -0.39 is 0 Å². The molecular weight excluding hydrogens is 372 g/mol. The van der Waals surface area contributed by atoms with Crippen LogP contribution in [0.1, 0.15) is 32.6 Å². The highest BCUT2D eigenvalue weighted by Gasteiger charge is 2.14. The van der Waals surface area contributed by atoms with Gasteiger partial charge in [0.15, 0.2) is 0 Å². The summed E-state index contributed by atoms with van der Waals surface area (Å²) in [7, 11) is 0. The Labute approximate surface area is 166 Å². The Morgan fingerprint density at radius 2 is 1.89 bits per heavy atom. The molecule has 28 heavy (non-hydrogen) atoms. The number of hydrogen-bond donors (Lipinski definition) is 1. The fourth-order valence-corrected chi connectivity index (χ4v) is 3.62. The molecule has 0 aliphatic heterocycles. The lowest BCUT2D eigenvalue weighted by Crippen LogP contribution is -2.26. The monoisotopic (exact) mass is 392 g/mol. The lowest BCUT2D eigenvalue weighted by atomic mass is 10.1. The quantitative estimate of drug-likeness (QED) is 0.564. The first-order chi connectivity index (χ1) is 13.5. The summed E-state index contributed by atoms with van der Waals surface area (Å²) in [5.41, 5.74) is 4.99. The molecular formula is C20H20N6OS. The van der Waals surface area contributed by atoms with Crippen LogP contribution in [0.2, 0.25) is 0 Å². The zero-order valence-corrected chi connectivity index (χ0v) is 16.7. The lowest BCUT2D eigenvalue weighted by molar-refractivity contribution is 0.0944. The maximum absolute atomic E-state index is 12.4. The highest BCUT2D eigenvalue weighted by molar-refractivity contribution is 7.09. The van der Waals surface area contributed by atoms with Gasteiger partial charge < -0.3 is 5.32 Å². The first kappa shape index (κ1) is 18.2. The van der Waals surface area contributed by atoms with Crippen LogP contribution in [-0.2, 0) is 6.42 Å². The Balaban J connectivity index is 1.37. The third-order valence-electron chi connectivity index (χ3n) is 4.39. The highest BCUT2D eigenvalue weighted by atomic mass is 32.1. The van der Waals surface area contributed by atoms with E-state index in [9.17, 15) is 4.79 Å². The molecule has 1 aromatic carbocycles. The molecule has 3 heterocycles. The van der Waals surface area contributed by atoms with Crippen LogP contribution < -0.4 is 5.32 Å². The fourth-order valence-electron chi connectivity index (χ4n) is 3.00. The van der Waals surface area contributed by atoms with Crippen molar-refractivity contribution in [3.8, 4) is 11.3 Å². The second kappa shape index (κ2) is 7.47. The predicted octanol–water partition coefficient (Wildman–Crippen LogP) is 3.15. The van der Waals surface area contributed by atoms with E-state index in [4.69, 9.17) is 0 Å². The topological polar surface area (TPSA) is 85.1 Å². The first-order valence-electron chi connectivity index (χ1n) is 9.00. The van der Waals surface area contributed by atoms with Gasteiger partial charge in [-0.1, -0.05) is 24.3 Å². The number of hydrogen-bond acceptors (Lipinski definition) is 6. The molecule has 0 saturated heterocycles. The van der Waals surface area contributed by atoms with E-state index in [2.05, 4.69) is 55.0 Å². The molecule has 1 N–H and O–H groups in total. The molecule has 7 nitrogen and oxygen atoms in total. The van der Waals surface area contributed by atoms with E-state index in [-0.39, 0.29) is 11.7 Å². The minimum absolute atomic E-state index is 0.135. The van der Waals surface area contributed by atoms with E-state index >= 15 is 0 Å². The minimum Gasteiger partial charge on any atom is -0.349 e. The highest BCUT2D eigenvalue weighted by Crippen LogP contribution is 2.21. The summed E-state index contributed by atoms with van der Waals surface area (Å²) in [5, 5.41) is 10.2. The molecule has 4 aromatic rings. The first-order valence-corrected chi connectivity index (χ1v) is 9.88. The summed E-state index contributed by atoms with van der Waals surface area (Å²) in [4.78, 5) is 25.4. The van der Waals surface area contributed by atoms with Gasteiger partial charge in [0.25, 0.3) is 11.7 Å². The third-order valence-corrected chi connectivity index (χ3v) is 5.16. The standard InChI is InChI=1S/C20H20N6OS/c1-12-10-13(2)26-20(22-12)24-18(25-26)19(27)21-9-8-15-4-6-16(7-5-15)17-11-28-14(3)23-17/h4-7,10-11H,8-9H2,1-3H3,(H,21,27). The molecule has 0 atom stereocenters. The molecule has 3 aromatic heterocycles. The molecule has 0 spiro atoms. The van der Waals surface area contributed by atoms with E-state index in [1.165, 1.54) is 0 Å². The van der Waals surface area contributed by atoms with Crippen molar-refractivity contribution >= 4 is 23.0 Å². The SMILES string of the molecule is Cc1cc(C)n2nc(C(=O)NCCc3ccc(-c4csc(C)n4)cc3)nc2n1. The van der Waals surface area contributed by atoms with E-state index in [0.717, 1.165) is 39.6 Å². The summed E-state index contributed by atoms with van der Waals surface area (Å²) < 4.78 is 1.58. The maximum atomic E-state index is 12.4. The second-order valence-electron chi connectivity index (χ2n) is 6.64. The average Bonchev–Trinajstić information content (AvgIpc) is 3.29. The smallest absolute Gasteiger partial charge is 0.291 e. The number of nitrogens with one attached hydrogen (secondary N) is 1. The zero-order valence-electron chi connectivity index (χ0n) is 15.9. The molecule has 0 fully saturated rings. The van der Waals surface area contributed by atoms with Crippen LogP contribution >= 0.6 is 11.3 Å². The number of thiazole rings is 1. The molecule has 8 heteroatoms. The van der Waals surface area contributed by atoms with Crippen molar-refractivity contribution in [3.05, 3.63) is 63.5 Å². The summed E-state index contributed by atoms with van der Waals surface area (Å²) in [5.74, 6) is 0.281. The Morgan fingerprint density at radius 3 is 2.61 bits per heavy atom. The van der Waals surface area contributed by atoms with Gasteiger partial charge in [-0.15, -0.1) is 16.4 Å². The van der Waals surface area contributed by atoms with E-state index in [1.54, 1.807) is 15.9 Å². The summed E-state index contributed by atoms with van der Waals surface area (Å²) in [6.45, 7) is 6.31. The number of rotatable bonds is 5. The fraction of sp³-hybridized carbons (Fsp3) is 0.250. The van der Waals surface area contributed by atoms with E-state index in [1.807, 2.05) is 26.8 Å². The second-order valence-corrected chi connectivity index (χ2v) is 7.70. The van der Waals surface area contributed by atoms with Gasteiger partial charge >= 0.3 is 0 Å². The van der Waals surface area contributed by atoms with Gasteiger partial charge in [-0.3, -0.25) is 4.79 Å². The number of carbonyl (C=O) groups is 1. The largest absolute Gasteiger partial charge is 0.349 e. The molecule has 0 bridgehead atoms. The normalized spacial score (nSPS) is 11.1. The third kappa shape index (κ3) is 3.77. The Kier molecular flexibility index (Phi) is 4.87. The Bertz CT molecular complexity index is 1150. The number of amides is 1. The molecule has 142 valence electrons. The van der Waals surface area contributed by atoms with Crippen LogP contribution in [0.4, 0.5) is 0 Å². The van der Waals surface area contributed by atoms with Gasteiger partial charge in [0, 0.05) is 28.9 Å². The Hall–Kier alpha value is -3.13. The van der Waals surface area contributed by atoms with Crippen LogP contribution in [0.15, 0.2) is 35.7 Å². The van der Waals surface area contributed by atoms with Crippen molar-refractivity contribution in [2.45, 2.75) is 27.2 Å². The Morgan fingerprint density at radius 1 is 1.11 bits per heavy atom. The lowest BCUT2D eigenvalue weighted by Gasteiger charge is -2.04. The van der Waals surface area contributed by atoms with Crippen LogP contribution in [0.25, 0.3) is 17.0 Å². The minimum atomic E-state index is -0.294. The molecule has 0 aliphatic carbocycles. The van der Waals surface area contributed by atoms with Crippen LogP contribution in [0, 0.1) is 20.8 Å². The van der Waals surface area contributed by atoms with Crippen molar-refractivity contribution in [2.75, 3.05) is 6.54 Å². The molecule has 1 amide bonds. The van der Waals surface area contributed by atoms with Gasteiger partial charge in [0.1, 0.15) is 0 Å². The van der Waals surface area contributed by atoms with Crippen LogP contribution in [0.3, 0.4) is 0 Å². The predicted molar refractivity (Wildman–Crippen MR) is 109 cm³/mol. The number of nitrogens with zero attached hydrogens (tertiary/aromatic N) is 5.